The van der Waals surface area contributed by atoms with Gasteiger partial charge in [-0.3, -0.25) is 4.79 Å². The number of aromatic nitrogens is 1. The van der Waals surface area contributed by atoms with Crippen LogP contribution in [0.2, 0.25) is 0 Å². The molecular formula is C18H20FN3O4S. The van der Waals surface area contributed by atoms with Crippen LogP contribution in [0.15, 0.2) is 22.0 Å². The summed E-state index contributed by atoms with van der Waals surface area (Å²) in [5, 5.41) is 13.1. The van der Waals surface area contributed by atoms with Crippen molar-refractivity contribution in [2.24, 2.45) is 0 Å². The van der Waals surface area contributed by atoms with Crippen LogP contribution in [-0.4, -0.2) is 55.0 Å². The summed E-state index contributed by atoms with van der Waals surface area (Å²) in [6.45, 7) is 4.49. The number of ether oxygens (including phenoxy) is 1. The predicted octanol–water partition coefficient (Wildman–Crippen LogP) is 1.32. The molecule has 1 saturated heterocycles. The predicted molar refractivity (Wildman–Crippen MR) is 101 cm³/mol. The van der Waals surface area contributed by atoms with Gasteiger partial charge in [-0.1, -0.05) is 11.8 Å². The number of esters is 1. The van der Waals surface area contributed by atoms with E-state index in [2.05, 4.69) is 5.32 Å². The number of pyridine rings is 1. The summed E-state index contributed by atoms with van der Waals surface area (Å²) >= 11 is 1.25. The van der Waals surface area contributed by atoms with Gasteiger partial charge in [-0.05, 0) is 19.1 Å². The molecule has 0 spiro atoms. The number of benzene rings is 1. The molecule has 0 amide bonds. The normalized spacial score (nSPS) is 18.9. The second-order valence-electron chi connectivity index (χ2n) is 6.41. The van der Waals surface area contributed by atoms with Gasteiger partial charge >= 0.3 is 5.97 Å². The molecule has 1 fully saturated rings. The number of nitrogens with one attached hydrogen (secondary N) is 1. The Bertz CT molecular complexity index is 971. The van der Waals surface area contributed by atoms with Gasteiger partial charge < -0.3 is 24.6 Å². The molecule has 0 saturated carbocycles. The molecule has 9 heteroatoms. The average molecular weight is 393 g/mol. The number of hydrogen-bond acceptors (Lipinski definition) is 7. The Morgan fingerprint density at radius 1 is 1.41 bits per heavy atom. The molecule has 1 unspecified atom stereocenters. The van der Waals surface area contributed by atoms with E-state index in [1.165, 1.54) is 17.8 Å². The Morgan fingerprint density at radius 2 is 2.15 bits per heavy atom. The standard InChI is InChI=1S/C18H20FN3O4S/c1-2-26-18(25)15-16(24)10-7-11(19)13(21-5-3-20-4-6-21)8-12(10)22-14(9-23)27-17(15)22/h7-8,14,20,23H,2-6,9H2,1H3. The summed E-state index contributed by atoms with van der Waals surface area (Å²) in [6, 6.07) is 2.85. The Kier molecular flexibility index (Phi) is 4.83. The fourth-order valence-corrected chi connectivity index (χ4v) is 4.71. The van der Waals surface area contributed by atoms with Crippen LogP contribution in [0.1, 0.15) is 22.7 Å². The molecule has 27 heavy (non-hydrogen) atoms. The highest BCUT2D eigenvalue weighted by Gasteiger charge is 2.36. The van der Waals surface area contributed by atoms with Crippen LogP contribution in [0.4, 0.5) is 10.1 Å². The first-order chi connectivity index (χ1) is 13.1. The zero-order valence-electron chi connectivity index (χ0n) is 14.8. The van der Waals surface area contributed by atoms with Gasteiger partial charge in [0.1, 0.15) is 16.8 Å². The SMILES string of the molecule is CCOC(=O)c1c2n(c3cc(N4CCNCC4)c(F)cc3c1=O)C(CO)S2. The maximum Gasteiger partial charge on any atom is 0.344 e. The first kappa shape index (κ1) is 18.3. The fourth-order valence-electron chi connectivity index (χ4n) is 3.58. The van der Waals surface area contributed by atoms with E-state index >= 15 is 0 Å². The first-order valence-corrected chi connectivity index (χ1v) is 9.76. The van der Waals surface area contributed by atoms with E-state index in [0.717, 1.165) is 13.1 Å². The Balaban J connectivity index is 1.94. The minimum absolute atomic E-state index is 0.0895. The van der Waals surface area contributed by atoms with Crippen molar-refractivity contribution in [1.29, 1.82) is 0 Å². The van der Waals surface area contributed by atoms with E-state index in [1.807, 2.05) is 4.90 Å². The molecule has 0 aliphatic carbocycles. The lowest BCUT2D eigenvalue weighted by molar-refractivity contribution is 0.0517. The molecule has 2 aliphatic heterocycles. The van der Waals surface area contributed by atoms with Crippen molar-refractivity contribution in [2.45, 2.75) is 17.3 Å². The molecule has 7 nitrogen and oxygen atoms in total. The average Bonchev–Trinajstić information content (AvgIpc) is 2.65. The van der Waals surface area contributed by atoms with Crippen LogP contribution < -0.4 is 15.6 Å². The Hall–Kier alpha value is -2.10. The number of rotatable bonds is 4. The minimum Gasteiger partial charge on any atom is -0.462 e. The van der Waals surface area contributed by atoms with Crippen LogP contribution in [0.5, 0.6) is 0 Å². The molecule has 0 radical (unpaired) electrons. The summed E-state index contributed by atoms with van der Waals surface area (Å²) < 4.78 is 21.6. The van der Waals surface area contributed by atoms with E-state index in [1.54, 1.807) is 17.6 Å². The molecule has 1 aromatic heterocycles. The van der Waals surface area contributed by atoms with Crippen molar-refractivity contribution in [2.75, 3.05) is 44.3 Å². The topological polar surface area (TPSA) is 83.8 Å². The largest absolute Gasteiger partial charge is 0.462 e. The lowest BCUT2D eigenvalue weighted by Gasteiger charge is -2.35. The Labute approximate surface area is 159 Å². The number of anilines is 1. The third kappa shape index (κ3) is 2.90. The van der Waals surface area contributed by atoms with E-state index in [-0.39, 0.29) is 29.5 Å². The molecule has 2 N–H and O–H groups in total. The van der Waals surface area contributed by atoms with E-state index in [9.17, 15) is 19.1 Å². The summed E-state index contributed by atoms with van der Waals surface area (Å²) in [7, 11) is 0. The highest BCUT2D eigenvalue weighted by molar-refractivity contribution is 8.00. The summed E-state index contributed by atoms with van der Waals surface area (Å²) in [5.41, 5.74) is 0.323. The molecule has 0 bridgehead atoms. The van der Waals surface area contributed by atoms with Gasteiger partial charge in [-0.25, -0.2) is 9.18 Å². The quantitative estimate of drug-likeness (QED) is 0.758. The second-order valence-corrected chi connectivity index (χ2v) is 7.58. The van der Waals surface area contributed by atoms with Gasteiger partial charge in [0, 0.05) is 31.6 Å². The number of piperazine rings is 1. The van der Waals surface area contributed by atoms with Crippen molar-refractivity contribution in [3.8, 4) is 0 Å². The third-order valence-corrected chi connectivity index (χ3v) is 6.11. The van der Waals surface area contributed by atoms with Crippen LogP contribution >= 0.6 is 11.8 Å². The number of carbonyl (C=O) groups excluding carboxylic acids is 1. The first-order valence-electron chi connectivity index (χ1n) is 8.88. The molecule has 144 valence electrons. The van der Waals surface area contributed by atoms with Crippen LogP contribution in [0, 0.1) is 5.82 Å². The molecule has 1 aromatic carbocycles. The van der Waals surface area contributed by atoms with Gasteiger partial charge in [0.05, 0.1) is 29.4 Å². The number of thioether (sulfide) groups is 1. The molecular weight excluding hydrogens is 373 g/mol. The number of hydrogen-bond donors (Lipinski definition) is 2. The number of fused-ring (bicyclic) bond motifs is 3. The number of halogens is 1. The fraction of sp³-hybridized carbons (Fsp3) is 0.444. The summed E-state index contributed by atoms with van der Waals surface area (Å²) in [5.74, 6) is -1.21. The zero-order valence-corrected chi connectivity index (χ0v) is 15.6. The van der Waals surface area contributed by atoms with Crippen LogP contribution in [-0.2, 0) is 4.74 Å². The van der Waals surface area contributed by atoms with Gasteiger partial charge in [0.25, 0.3) is 0 Å². The van der Waals surface area contributed by atoms with Gasteiger partial charge in [-0.2, -0.15) is 0 Å². The highest BCUT2D eigenvalue weighted by atomic mass is 32.2. The van der Waals surface area contributed by atoms with E-state index in [0.29, 0.717) is 29.3 Å². The summed E-state index contributed by atoms with van der Waals surface area (Å²) in [4.78, 5) is 27.1. The van der Waals surface area contributed by atoms with Crippen LogP contribution in [0.25, 0.3) is 10.9 Å². The van der Waals surface area contributed by atoms with Crippen molar-refractivity contribution in [3.05, 3.63) is 33.7 Å². The maximum absolute atomic E-state index is 14.8. The lowest BCUT2D eigenvalue weighted by Crippen LogP contribution is -2.44. The van der Waals surface area contributed by atoms with Crippen molar-refractivity contribution in [3.63, 3.8) is 0 Å². The minimum atomic E-state index is -0.719. The number of aliphatic hydroxyl groups is 1. The van der Waals surface area contributed by atoms with Gasteiger partial charge in [0.2, 0.25) is 5.43 Å². The monoisotopic (exact) mass is 393 g/mol. The molecule has 2 aromatic rings. The number of carbonyl (C=O) groups is 1. The number of nitrogens with zero attached hydrogens (tertiary/aromatic N) is 2. The number of aliphatic hydroxyl groups excluding tert-OH is 1. The smallest absolute Gasteiger partial charge is 0.344 e. The third-order valence-electron chi connectivity index (χ3n) is 4.86. The molecule has 2 aliphatic rings. The van der Waals surface area contributed by atoms with Crippen molar-refractivity contribution >= 4 is 34.3 Å². The Morgan fingerprint density at radius 3 is 2.81 bits per heavy atom. The van der Waals surface area contributed by atoms with Gasteiger partial charge in [0.15, 0.2) is 0 Å². The lowest BCUT2D eigenvalue weighted by atomic mass is 10.1. The van der Waals surface area contributed by atoms with Gasteiger partial charge in [-0.15, -0.1) is 0 Å². The van der Waals surface area contributed by atoms with Crippen molar-refractivity contribution < 1.29 is 19.0 Å². The zero-order chi connectivity index (χ0) is 19.1. The van der Waals surface area contributed by atoms with E-state index in [4.69, 9.17) is 4.74 Å². The summed E-state index contributed by atoms with van der Waals surface area (Å²) in [6.07, 6.45) is 0. The molecule has 3 heterocycles. The van der Waals surface area contributed by atoms with Crippen LogP contribution in [0.3, 0.4) is 0 Å². The van der Waals surface area contributed by atoms with E-state index < -0.39 is 17.2 Å². The maximum atomic E-state index is 14.8. The highest BCUT2D eigenvalue weighted by Crippen LogP contribution is 2.47. The molecule has 4 rings (SSSR count). The van der Waals surface area contributed by atoms with Crippen molar-refractivity contribution in [1.82, 2.24) is 9.88 Å². The second kappa shape index (κ2) is 7.14. The molecule has 1 atom stereocenters.